The van der Waals surface area contributed by atoms with E-state index < -0.39 is 299 Å². The molecule has 36 atom stereocenters. The van der Waals surface area contributed by atoms with Gasteiger partial charge in [-0.05, 0) is 0 Å². The summed E-state index contributed by atoms with van der Waals surface area (Å²) in [5.41, 5.74) is 0. The summed E-state index contributed by atoms with van der Waals surface area (Å²) >= 11 is 0. The van der Waals surface area contributed by atoms with Crippen LogP contribution in [0.25, 0.3) is 0 Å². The molecule has 34 N–H and O–H groups in total. The van der Waals surface area contributed by atoms with E-state index >= 15 is 0 Å². The second-order valence-corrected chi connectivity index (χ2v) is 21.3. The third kappa shape index (κ3) is 23.0. The first-order chi connectivity index (χ1) is 43.1. The summed E-state index contributed by atoms with van der Waals surface area (Å²) in [6, 6.07) is 0. The number of ketones is 1. The number of carbonyl (C=O) groups excluding carboxylic acids is 1. The molecule has 0 aromatic rings. The average molecular weight is 1370 g/mol. The Hall–Kier alpha value is -2.05. The van der Waals surface area contributed by atoms with Crippen LogP contribution in [0.15, 0.2) is 0 Å². The van der Waals surface area contributed by atoms with Crippen LogP contribution in [-0.4, -0.2) is 473 Å². The van der Waals surface area contributed by atoms with Crippen molar-refractivity contribution in [3.05, 3.63) is 0 Å². The fraction of sp³-hybridized carbons (Fsp3) is 0.979. The standard InChI is InChI=1S/C12H22O11.C12H24O11.C12H22O11.C12H24O11/c13-1-3-5(15)7(17)9(19)11(21-3)23-12-10(20)8(18)6(16)4(2-14)22-12;2*13-1-4(15)7(17)8(18)5(16)3-22-12-11(21)10(20)9(19)6(2-14)23-12;13-1-4(16)7(18)11(5(17)2-14)23-12-10(21)9(20)8(19)6(3-15)22-12/h3-20H,1-2H2;4-21H,1-3H2;5-14,16-21H,1-3H2;4-21H,1-3H2/t3-,4-,5-,6-,7+,8+,9-,10-,11-,12-;4-,5-,6-,7-,8-,9-,10+,11-,12?;5-,6-,7-,8-,9-,10+,11-,12+;4-,5+,6+,7+,8-,9-,10+,11+,12-/m1110/s1. The van der Waals surface area contributed by atoms with E-state index in [-0.39, 0.29) is 0 Å². The molecule has 5 rings (SSSR count). The van der Waals surface area contributed by atoms with Crippen LogP contribution in [0.3, 0.4) is 0 Å². The second kappa shape index (κ2) is 41.4. The van der Waals surface area contributed by atoms with Crippen molar-refractivity contribution in [1.82, 2.24) is 0 Å². The molecule has 0 saturated carbocycles. The predicted molar refractivity (Wildman–Crippen MR) is 280 cm³/mol. The van der Waals surface area contributed by atoms with Crippen LogP contribution in [0.1, 0.15) is 0 Å². The Labute approximate surface area is 519 Å². The number of hydrogen-bond acceptors (Lipinski definition) is 44. The summed E-state index contributed by atoms with van der Waals surface area (Å²) in [6.45, 7) is -8.35. The Morgan fingerprint density at radius 3 is 0.870 bits per heavy atom. The lowest BCUT2D eigenvalue weighted by Gasteiger charge is -2.44. The summed E-state index contributed by atoms with van der Waals surface area (Å²) < 4.78 is 45.4. The third-order valence-corrected chi connectivity index (χ3v) is 14.7. The smallest absolute Gasteiger partial charge is 0.189 e. The van der Waals surface area contributed by atoms with Crippen LogP contribution in [0.5, 0.6) is 0 Å². The highest BCUT2D eigenvalue weighted by molar-refractivity contribution is 5.84. The number of aliphatic hydroxyl groups is 34. The Balaban J connectivity index is 0.000000418. The largest absolute Gasteiger partial charge is 0.394 e. The molecule has 5 heterocycles. The normalized spacial score (nSPS) is 40.4. The number of ether oxygens (including phenoxy) is 9. The van der Waals surface area contributed by atoms with Gasteiger partial charge in [0.1, 0.15) is 196 Å². The van der Waals surface area contributed by atoms with Gasteiger partial charge >= 0.3 is 0 Å². The molecule has 0 aromatic heterocycles. The first-order valence-electron chi connectivity index (χ1n) is 27.9. The van der Waals surface area contributed by atoms with Gasteiger partial charge in [0.2, 0.25) is 0 Å². The maximum atomic E-state index is 11.0. The van der Waals surface area contributed by atoms with Crippen LogP contribution < -0.4 is 0 Å². The van der Waals surface area contributed by atoms with E-state index in [0.29, 0.717) is 0 Å². The zero-order valence-corrected chi connectivity index (χ0v) is 48.4. The highest BCUT2D eigenvalue weighted by atomic mass is 16.8. The zero-order chi connectivity index (χ0) is 70.5. The first kappa shape index (κ1) is 86.0. The van der Waals surface area contributed by atoms with Crippen molar-refractivity contribution in [2.24, 2.45) is 0 Å². The van der Waals surface area contributed by atoms with Crippen molar-refractivity contribution in [3.8, 4) is 0 Å². The maximum absolute atomic E-state index is 11.0. The number of Topliss-reactive ketones (excluding diaryl/α,β-unsaturated/α-hetero) is 1. The van der Waals surface area contributed by atoms with E-state index in [1.165, 1.54) is 0 Å². The van der Waals surface area contributed by atoms with Gasteiger partial charge in [0.15, 0.2) is 37.2 Å². The lowest BCUT2D eigenvalue weighted by molar-refractivity contribution is -0.376. The fourth-order valence-corrected chi connectivity index (χ4v) is 8.71. The van der Waals surface area contributed by atoms with Crippen LogP contribution >= 0.6 is 0 Å². The predicted octanol–water partition coefficient (Wildman–Crippen LogP) is -22.5. The summed E-state index contributed by atoms with van der Waals surface area (Å²) in [6.07, 6.45) is -58.8. The Morgan fingerprint density at radius 1 is 0.304 bits per heavy atom. The number of rotatable bonds is 28. The van der Waals surface area contributed by atoms with Crippen LogP contribution in [0, 0.1) is 0 Å². The highest BCUT2D eigenvalue weighted by Crippen LogP contribution is 2.30. The zero-order valence-electron chi connectivity index (χ0n) is 48.4. The molecule has 44 nitrogen and oxygen atoms in total. The molecule has 1 unspecified atom stereocenters. The van der Waals surface area contributed by atoms with E-state index in [9.17, 15) is 132 Å². The summed E-state index contributed by atoms with van der Waals surface area (Å²) in [5.74, 6) is -1.11. The molecular weight excluding hydrogens is 1280 g/mol. The minimum atomic E-state index is -2.03. The van der Waals surface area contributed by atoms with Gasteiger partial charge in [-0.15, -0.1) is 0 Å². The van der Waals surface area contributed by atoms with Gasteiger partial charge in [0.05, 0.1) is 66.1 Å². The van der Waals surface area contributed by atoms with Crippen LogP contribution in [0.4, 0.5) is 0 Å². The van der Waals surface area contributed by atoms with Crippen molar-refractivity contribution in [2.45, 2.75) is 221 Å². The molecular formula is C48H92O44. The molecule has 0 spiro atoms. The van der Waals surface area contributed by atoms with E-state index in [1.54, 1.807) is 0 Å². The third-order valence-electron chi connectivity index (χ3n) is 14.7. The fourth-order valence-electron chi connectivity index (χ4n) is 8.71. The molecule has 0 aromatic carbocycles. The molecule has 0 amide bonds. The molecule has 5 fully saturated rings. The lowest BCUT2D eigenvalue weighted by Crippen LogP contribution is -2.63. The molecule has 5 saturated heterocycles. The maximum Gasteiger partial charge on any atom is 0.189 e. The van der Waals surface area contributed by atoms with Gasteiger partial charge in [-0.2, -0.15) is 0 Å². The van der Waals surface area contributed by atoms with Gasteiger partial charge < -0.3 is 216 Å². The number of carbonyl (C=O) groups is 1. The van der Waals surface area contributed by atoms with E-state index in [4.69, 9.17) is 88.6 Å². The second-order valence-electron chi connectivity index (χ2n) is 21.3. The van der Waals surface area contributed by atoms with Crippen LogP contribution in [-0.2, 0) is 47.4 Å². The van der Waals surface area contributed by atoms with Crippen molar-refractivity contribution >= 4 is 5.78 Å². The number of aliphatic hydroxyl groups excluding tert-OH is 34. The molecule has 0 bridgehead atoms. The van der Waals surface area contributed by atoms with Crippen molar-refractivity contribution in [1.29, 1.82) is 0 Å². The topological polar surface area (TPSA) is 788 Å². The van der Waals surface area contributed by atoms with E-state index in [1.807, 2.05) is 0 Å². The van der Waals surface area contributed by atoms with Gasteiger partial charge in [-0.25, -0.2) is 0 Å². The molecule has 0 aliphatic carbocycles. The van der Waals surface area contributed by atoms with Gasteiger partial charge in [-0.3, -0.25) is 4.79 Å². The number of hydrogen-bond donors (Lipinski definition) is 34. The molecule has 5 aliphatic rings. The minimum absolute atomic E-state index is 0.655. The lowest BCUT2D eigenvalue weighted by atomic mass is 9.98. The molecule has 5 aliphatic heterocycles. The van der Waals surface area contributed by atoms with E-state index in [2.05, 4.69) is 0 Å². The summed E-state index contributed by atoms with van der Waals surface area (Å²) in [7, 11) is 0. The average Bonchev–Trinajstić information content (AvgIpc) is 0.912. The Kier molecular flexibility index (Phi) is 38.7. The van der Waals surface area contributed by atoms with Gasteiger partial charge in [0.25, 0.3) is 0 Å². The highest BCUT2D eigenvalue weighted by Gasteiger charge is 2.52. The minimum Gasteiger partial charge on any atom is -0.394 e. The van der Waals surface area contributed by atoms with Gasteiger partial charge in [-0.1, -0.05) is 0 Å². The first-order valence-corrected chi connectivity index (χ1v) is 27.9. The SMILES string of the molecule is O=C(CO)[C@@H](O)[C@H](O)[C@H](O)CO[C@H]1O[C@H](CO)[C@@H](O)[C@H](O)[C@H]1O.OC[C@@H](O)[C@@H](O)[C@H](O)[C@H](O)COC1O[C@H](CO)[C@@H](O)[C@H](O)[C@H]1O.OC[C@@H](O)[C@@H](O[C@@H]1O[C@H](CO)[C@H](O)[C@H](O)[C@H]1O)[C@H](O)[C@@H](O)CO.OC[C@H]1O[C@H](O[C@H]2O[C@H](CO)[C@@H](O)[C@H](O)[C@H]2O)[C@H](O)[C@@H](O)[C@@H]1O. The Morgan fingerprint density at radius 2 is 0.565 bits per heavy atom. The summed E-state index contributed by atoms with van der Waals surface area (Å²) in [4.78, 5) is 11.0. The quantitative estimate of drug-likeness (QED) is 0.0346. The van der Waals surface area contributed by atoms with Gasteiger partial charge in [0, 0.05) is 0 Å². The summed E-state index contributed by atoms with van der Waals surface area (Å²) in [5, 5.41) is 321. The molecule has 0 radical (unpaired) electrons. The van der Waals surface area contributed by atoms with E-state index in [0.717, 1.165) is 0 Å². The molecule has 92 heavy (non-hydrogen) atoms. The molecule has 548 valence electrons. The Bertz CT molecular complexity index is 1930. The van der Waals surface area contributed by atoms with Crippen molar-refractivity contribution in [3.63, 3.8) is 0 Å². The van der Waals surface area contributed by atoms with Crippen LogP contribution in [0.2, 0.25) is 0 Å². The molecule has 44 heteroatoms. The van der Waals surface area contributed by atoms with Crippen molar-refractivity contribution in [2.75, 3.05) is 72.7 Å². The monoisotopic (exact) mass is 1370 g/mol. The van der Waals surface area contributed by atoms with Crippen molar-refractivity contribution < 1.29 is 221 Å².